The Hall–Kier alpha value is -2.69. The number of carbonyl (C=O) groups is 2. The highest BCUT2D eigenvalue weighted by Gasteiger charge is 2.13. The highest BCUT2D eigenvalue weighted by Crippen LogP contribution is 2.20. The molecule has 0 saturated carbocycles. The summed E-state index contributed by atoms with van der Waals surface area (Å²) in [5.41, 5.74) is 2.09. The number of methoxy groups -OCH3 is 1. The average Bonchev–Trinajstić information content (AvgIpc) is 2.55. The minimum absolute atomic E-state index is 0.156. The van der Waals surface area contributed by atoms with Crippen LogP contribution in [0.25, 0.3) is 0 Å². The molecule has 2 rings (SSSR count). The van der Waals surface area contributed by atoms with Crippen LogP contribution in [0.1, 0.15) is 27.9 Å². The van der Waals surface area contributed by atoms with Crippen molar-refractivity contribution in [3.8, 4) is 0 Å². The van der Waals surface area contributed by atoms with Crippen molar-refractivity contribution in [2.24, 2.45) is 0 Å². The summed E-state index contributed by atoms with van der Waals surface area (Å²) >= 11 is 0. The number of nitrogens with one attached hydrogen (secondary N) is 1. The van der Waals surface area contributed by atoms with Crippen LogP contribution in [0.3, 0.4) is 0 Å². The molecule has 0 aliphatic rings. The Bertz CT molecular complexity index is 728. The third-order valence-corrected chi connectivity index (χ3v) is 3.59. The van der Waals surface area contributed by atoms with E-state index in [1.807, 2.05) is 0 Å². The van der Waals surface area contributed by atoms with E-state index in [1.54, 1.807) is 43.3 Å². The van der Waals surface area contributed by atoms with Crippen LogP contribution in [0.4, 0.5) is 10.1 Å². The third kappa shape index (κ3) is 4.16. The molecule has 0 fully saturated rings. The molecule has 0 radical (unpaired) electrons. The molecule has 2 aromatic rings. The SMILES string of the molecule is COC(=O)c1cccc(NC(=O)CCc2ccccc2F)c1C. The van der Waals surface area contributed by atoms with E-state index >= 15 is 0 Å². The maximum absolute atomic E-state index is 13.5. The molecule has 0 aromatic heterocycles. The van der Waals surface area contributed by atoms with Crippen LogP contribution < -0.4 is 5.32 Å². The van der Waals surface area contributed by atoms with Gasteiger partial charge in [-0.15, -0.1) is 0 Å². The molecule has 0 unspecified atom stereocenters. The van der Waals surface area contributed by atoms with Crippen molar-refractivity contribution in [1.82, 2.24) is 0 Å². The van der Waals surface area contributed by atoms with E-state index in [9.17, 15) is 14.0 Å². The molecule has 23 heavy (non-hydrogen) atoms. The summed E-state index contributed by atoms with van der Waals surface area (Å²) in [5, 5.41) is 2.75. The lowest BCUT2D eigenvalue weighted by Gasteiger charge is -2.11. The second kappa shape index (κ2) is 7.54. The van der Waals surface area contributed by atoms with E-state index in [2.05, 4.69) is 5.32 Å². The van der Waals surface area contributed by atoms with Crippen LogP contribution in [0.5, 0.6) is 0 Å². The topological polar surface area (TPSA) is 55.4 Å². The summed E-state index contributed by atoms with van der Waals surface area (Å²) in [4.78, 5) is 23.7. The normalized spacial score (nSPS) is 10.2. The number of benzene rings is 2. The average molecular weight is 315 g/mol. The molecule has 5 heteroatoms. The second-order valence-corrected chi connectivity index (χ2v) is 5.11. The zero-order valence-electron chi connectivity index (χ0n) is 13.1. The number of esters is 1. The number of halogens is 1. The van der Waals surface area contributed by atoms with Crippen molar-refractivity contribution in [2.45, 2.75) is 19.8 Å². The van der Waals surface area contributed by atoms with Gasteiger partial charge in [0.15, 0.2) is 0 Å². The second-order valence-electron chi connectivity index (χ2n) is 5.11. The molecular weight excluding hydrogens is 297 g/mol. The maximum atomic E-state index is 13.5. The van der Waals surface area contributed by atoms with Gasteiger partial charge < -0.3 is 10.1 Å². The van der Waals surface area contributed by atoms with Gasteiger partial charge >= 0.3 is 5.97 Å². The fraction of sp³-hybridized carbons (Fsp3) is 0.222. The molecule has 0 spiro atoms. The van der Waals surface area contributed by atoms with Gasteiger partial charge in [0.05, 0.1) is 12.7 Å². The van der Waals surface area contributed by atoms with Gasteiger partial charge in [-0.25, -0.2) is 9.18 Å². The van der Waals surface area contributed by atoms with Gasteiger partial charge in [0.2, 0.25) is 5.91 Å². The molecule has 1 amide bonds. The minimum atomic E-state index is -0.454. The van der Waals surface area contributed by atoms with Crippen molar-refractivity contribution in [1.29, 1.82) is 0 Å². The molecule has 120 valence electrons. The molecule has 0 saturated heterocycles. The number of ether oxygens (including phenoxy) is 1. The fourth-order valence-electron chi connectivity index (χ4n) is 2.26. The van der Waals surface area contributed by atoms with Crippen LogP contribution in [-0.2, 0) is 16.0 Å². The first-order valence-corrected chi connectivity index (χ1v) is 7.24. The number of carbonyl (C=O) groups excluding carboxylic acids is 2. The standard InChI is InChI=1S/C18H18FNO3/c1-12-14(18(22)23-2)7-5-9-16(12)20-17(21)11-10-13-6-3-4-8-15(13)19/h3-9H,10-11H2,1-2H3,(H,20,21). The summed E-state index contributed by atoms with van der Waals surface area (Å²) < 4.78 is 18.2. The van der Waals surface area contributed by atoms with Crippen LogP contribution in [0, 0.1) is 12.7 Å². The van der Waals surface area contributed by atoms with Crippen molar-refractivity contribution < 1.29 is 18.7 Å². The number of anilines is 1. The van der Waals surface area contributed by atoms with Gasteiger partial charge in [-0.3, -0.25) is 4.79 Å². The van der Waals surface area contributed by atoms with E-state index in [4.69, 9.17) is 4.74 Å². The van der Waals surface area contributed by atoms with E-state index in [-0.39, 0.29) is 18.1 Å². The van der Waals surface area contributed by atoms with E-state index in [0.717, 1.165) is 0 Å². The largest absolute Gasteiger partial charge is 0.465 e. The summed E-state index contributed by atoms with van der Waals surface area (Å²) in [7, 11) is 1.31. The molecule has 0 bridgehead atoms. The van der Waals surface area contributed by atoms with Crippen molar-refractivity contribution in [2.75, 3.05) is 12.4 Å². The summed E-state index contributed by atoms with van der Waals surface area (Å²) in [6.07, 6.45) is 0.469. The molecule has 1 N–H and O–H groups in total. The quantitative estimate of drug-likeness (QED) is 0.859. The van der Waals surface area contributed by atoms with E-state index in [1.165, 1.54) is 13.2 Å². The predicted octanol–water partition coefficient (Wildman–Crippen LogP) is 3.49. The number of rotatable bonds is 5. The zero-order valence-corrected chi connectivity index (χ0v) is 13.1. The molecule has 0 atom stereocenters. The van der Waals surface area contributed by atoms with Gasteiger partial charge in [-0.05, 0) is 42.7 Å². The van der Waals surface area contributed by atoms with Crippen LogP contribution in [-0.4, -0.2) is 19.0 Å². The van der Waals surface area contributed by atoms with Gasteiger partial charge in [-0.2, -0.15) is 0 Å². The fourth-order valence-corrected chi connectivity index (χ4v) is 2.26. The molecule has 0 aliphatic carbocycles. The van der Waals surface area contributed by atoms with Crippen molar-refractivity contribution in [3.63, 3.8) is 0 Å². The third-order valence-electron chi connectivity index (χ3n) is 3.59. The minimum Gasteiger partial charge on any atom is -0.465 e. The molecular formula is C18H18FNO3. The Morgan fingerprint density at radius 2 is 1.87 bits per heavy atom. The van der Waals surface area contributed by atoms with Gasteiger partial charge in [-0.1, -0.05) is 24.3 Å². The van der Waals surface area contributed by atoms with Gasteiger partial charge in [0.25, 0.3) is 0 Å². The van der Waals surface area contributed by atoms with Crippen molar-refractivity contribution >= 4 is 17.6 Å². The van der Waals surface area contributed by atoms with Gasteiger partial charge in [0, 0.05) is 12.1 Å². The lowest BCUT2D eigenvalue weighted by Crippen LogP contribution is -2.15. The van der Waals surface area contributed by atoms with E-state index in [0.29, 0.717) is 28.8 Å². The summed E-state index contributed by atoms with van der Waals surface area (Å²) in [6.45, 7) is 1.73. The Morgan fingerprint density at radius 3 is 2.57 bits per heavy atom. The molecule has 4 nitrogen and oxygen atoms in total. The summed E-state index contributed by atoms with van der Waals surface area (Å²) in [5.74, 6) is -1.01. The molecule has 0 heterocycles. The monoisotopic (exact) mass is 315 g/mol. The Labute approximate surface area is 134 Å². The van der Waals surface area contributed by atoms with Crippen LogP contribution in [0.15, 0.2) is 42.5 Å². The first kappa shape index (κ1) is 16.7. The zero-order chi connectivity index (χ0) is 16.8. The Kier molecular flexibility index (Phi) is 5.46. The number of hydrogen-bond donors (Lipinski definition) is 1. The lowest BCUT2D eigenvalue weighted by molar-refractivity contribution is -0.116. The van der Waals surface area contributed by atoms with Gasteiger partial charge in [0.1, 0.15) is 5.82 Å². The molecule has 0 aliphatic heterocycles. The highest BCUT2D eigenvalue weighted by molar-refractivity contribution is 5.96. The van der Waals surface area contributed by atoms with Crippen molar-refractivity contribution in [3.05, 3.63) is 65.0 Å². The van der Waals surface area contributed by atoms with E-state index < -0.39 is 5.97 Å². The highest BCUT2D eigenvalue weighted by atomic mass is 19.1. The number of hydrogen-bond acceptors (Lipinski definition) is 3. The summed E-state index contributed by atoms with van der Waals surface area (Å²) in [6, 6.07) is 11.4. The lowest BCUT2D eigenvalue weighted by atomic mass is 10.1. The number of aryl methyl sites for hydroxylation is 1. The number of amides is 1. The van der Waals surface area contributed by atoms with Crippen LogP contribution >= 0.6 is 0 Å². The van der Waals surface area contributed by atoms with Crippen LogP contribution in [0.2, 0.25) is 0 Å². The molecule has 2 aromatic carbocycles. The first-order valence-electron chi connectivity index (χ1n) is 7.24. The first-order chi connectivity index (χ1) is 11.0. The smallest absolute Gasteiger partial charge is 0.338 e. The Balaban J connectivity index is 2.03. The predicted molar refractivity (Wildman–Crippen MR) is 85.9 cm³/mol. The Morgan fingerprint density at radius 1 is 1.13 bits per heavy atom. The maximum Gasteiger partial charge on any atom is 0.338 e.